The molecule has 0 aliphatic heterocycles. The molecule has 1 N–H and O–H groups in total. The molecule has 4 rings (SSSR count). The number of nitrogens with zero attached hydrogens (tertiary/aromatic N) is 2. The minimum Gasteiger partial charge on any atom is -0.439 e. The number of nitrogens with one attached hydrogen (secondary N) is 1. The number of hydrogen-bond donors (Lipinski definition) is 1. The fourth-order valence-corrected chi connectivity index (χ4v) is 4.27. The third kappa shape index (κ3) is 5.46. The Morgan fingerprint density at radius 3 is 2.73 bits per heavy atom. The number of carbonyl (C=O) groups is 1. The highest BCUT2D eigenvalue weighted by molar-refractivity contribution is 7.19. The van der Waals surface area contributed by atoms with Crippen molar-refractivity contribution in [3.63, 3.8) is 0 Å². The predicted octanol–water partition coefficient (Wildman–Crippen LogP) is 6.50. The number of halogens is 1. The number of aryl methyl sites for hydroxylation is 1. The smallest absolute Gasteiger partial charge is 0.229 e. The summed E-state index contributed by atoms with van der Waals surface area (Å²) < 4.78 is 6.44. The zero-order chi connectivity index (χ0) is 20.9. The number of aromatic nitrogens is 2. The summed E-state index contributed by atoms with van der Waals surface area (Å²) >= 11 is 7.15. The summed E-state index contributed by atoms with van der Waals surface area (Å²) in [4.78, 5) is 20.8. The van der Waals surface area contributed by atoms with Gasteiger partial charge in [-0.2, -0.15) is 0 Å². The van der Waals surface area contributed by atoms with Gasteiger partial charge >= 0.3 is 0 Å². The summed E-state index contributed by atoms with van der Waals surface area (Å²) in [6.45, 7) is 2.00. The summed E-state index contributed by atoms with van der Waals surface area (Å²) in [6.07, 6.45) is 9.02. The summed E-state index contributed by atoms with van der Waals surface area (Å²) in [5, 5.41) is 3.43. The van der Waals surface area contributed by atoms with Crippen LogP contribution in [0.3, 0.4) is 0 Å². The number of amides is 1. The van der Waals surface area contributed by atoms with Crippen LogP contribution in [0.1, 0.15) is 36.8 Å². The minimum atomic E-state index is 0.00658. The molecule has 0 unspecified atom stereocenters. The normalized spacial score (nSPS) is 16.2. The van der Waals surface area contributed by atoms with E-state index in [0.717, 1.165) is 42.6 Å². The van der Waals surface area contributed by atoms with Crippen molar-refractivity contribution in [1.29, 1.82) is 0 Å². The van der Waals surface area contributed by atoms with E-state index in [-0.39, 0.29) is 11.8 Å². The fourth-order valence-electron chi connectivity index (χ4n) is 3.45. The van der Waals surface area contributed by atoms with Crippen molar-refractivity contribution < 1.29 is 9.53 Å². The van der Waals surface area contributed by atoms with Gasteiger partial charge in [-0.05, 0) is 55.9 Å². The highest BCUT2D eigenvalue weighted by atomic mass is 35.5. The lowest BCUT2D eigenvalue weighted by Gasteiger charge is -2.22. The van der Waals surface area contributed by atoms with E-state index >= 15 is 0 Å². The molecule has 7 heteroatoms. The van der Waals surface area contributed by atoms with Gasteiger partial charge in [0.2, 0.25) is 11.8 Å². The topological polar surface area (TPSA) is 64.1 Å². The molecule has 1 aromatic carbocycles. The monoisotopic (exact) mass is 439 g/mol. The molecular weight excluding hydrogens is 418 g/mol. The Morgan fingerprint density at radius 2 is 2.03 bits per heavy atom. The van der Waals surface area contributed by atoms with Crippen LogP contribution in [-0.4, -0.2) is 15.9 Å². The quantitative estimate of drug-likeness (QED) is 0.492. The Bertz CT molecular complexity index is 1050. The van der Waals surface area contributed by atoms with E-state index in [2.05, 4.69) is 27.4 Å². The van der Waals surface area contributed by atoms with E-state index in [0.29, 0.717) is 15.3 Å². The molecule has 5 nitrogen and oxygen atoms in total. The van der Waals surface area contributed by atoms with Crippen molar-refractivity contribution >= 4 is 40.1 Å². The van der Waals surface area contributed by atoms with Gasteiger partial charge in [0.25, 0.3) is 0 Å². The minimum absolute atomic E-state index is 0.00658. The van der Waals surface area contributed by atoms with Crippen molar-refractivity contribution in [3.05, 3.63) is 69.8 Å². The summed E-state index contributed by atoms with van der Waals surface area (Å²) in [5.41, 5.74) is 3.54. The lowest BCUT2D eigenvalue weighted by Crippen LogP contribution is -2.25. The molecule has 1 amide bonds. The molecule has 1 fully saturated rings. The predicted molar refractivity (Wildman–Crippen MR) is 121 cm³/mol. The van der Waals surface area contributed by atoms with Crippen molar-refractivity contribution in [3.8, 4) is 11.6 Å². The number of anilines is 1. The second-order valence-corrected chi connectivity index (χ2v) is 9.05. The molecule has 30 heavy (non-hydrogen) atoms. The van der Waals surface area contributed by atoms with Crippen LogP contribution in [0, 0.1) is 12.8 Å². The molecule has 1 aliphatic carbocycles. The van der Waals surface area contributed by atoms with E-state index in [4.69, 9.17) is 16.3 Å². The van der Waals surface area contributed by atoms with Crippen molar-refractivity contribution in [1.82, 2.24) is 9.97 Å². The number of rotatable bonds is 5. The maximum Gasteiger partial charge on any atom is 0.229 e. The van der Waals surface area contributed by atoms with Gasteiger partial charge in [-0.3, -0.25) is 4.79 Å². The summed E-state index contributed by atoms with van der Waals surface area (Å²) in [6, 6.07) is 11.8. The molecule has 3 aromatic rings. The third-order valence-electron chi connectivity index (χ3n) is 5.04. The number of allylic oxidation sites excluding steroid dienone is 1. The largest absolute Gasteiger partial charge is 0.439 e. The SMILES string of the molecule is Cc1ccc(Oc2cccc(C=C3CCC(C(=O)Nc4ncc(Cl)s4)CC3)c2)nc1. The molecule has 0 saturated heterocycles. The van der Waals surface area contributed by atoms with Crippen LogP contribution < -0.4 is 10.1 Å². The van der Waals surface area contributed by atoms with E-state index in [1.54, 1.807) is 12.4 Å². The molecule has 0 radical (unpaired) electrons. The van der Waals surface area contributed by atoms with Gasteiger partial charge in [-0.1, -0.05) is 52.8 Å². The van der Waals surface area contributed by atoms with Gasteiger partial charge in [-0.25, -0.2) is 9.97 Å². The Kier molecular flexibility index (Phi) is 6.45. The molecule has 1 aliphatic rings. The Hall–Kier alpha value is -2.70. The molecule has 0 spiro atoms. The lowest BCUT2D eigenvalue weighted by atomic mass is 9.84. The molecule has 0 atom stereocenters. The molecule has 2 heterocycles. The molecule has 2 aromatic heterocycles. The number of ether oxygens (including phenoxy) is 1. The zero-order valence-electron chi connectivity index (χ0n) is 16.6. The molecular formula is C23H22ClN3O2S. The number of benzene rings is 1. The van der Waals surface area contributed by atoms with Crippen LogP contribution in [0.15, 0.2) is 54.4 Å². The molecule has 154 valence electrons. The van der Waals surface area contributed by atoms with Crippen molar-refractivity contribution in [2.75, 3.05) is 5.32 Å². The number of pyridine rings is 1. The lowest BCUT2D eigenvalue weighted by molar-refractivity contribution is -0.120. The van der Waals surface area contributed by atoms with Crippen molar-refractivity contribution in [2.24, 2.45) is 5.92 Å². The number of carbonyl (C=O) groups excluding carboxylic acids is 1. The van der Waals surface area contributed by atoms with Gasteiger partial charge in [0.05, 0.1) is 6.20 Å². The standard InChI is InChI=1S/C23H22ClN3O2S/c1-15-5-10-21(25-13-15)29-19-4-2-3-17(12-19)11-16-6-8-18(9-7-16)22(28)27-23-26-14-20(24)30-23/h2-5,10-14,18H,6-9H2,1H3,(H,26,27,28). The van der Waals surface area contributed by atoms with Gasteiger partial charge in [-0.15, -0.1) is 0 Å². The van der Waals surface area contributed by atoms with Crippen LogP contribution >= 0.6 is 22.9 Å². The van der Waals surface area contributed by atoms with Gasteiger partial charge in [0.1, 0.15) is 10.1 Å². The first kappa shape index (κ1) is 20.6. The van der Waals surface area contributed by atoms with Gasteiger partial charge in [0, 0.05) is 18.2 Å². The molecule has 0 bridgehead atoms. The second kappa shape index (κ2) is 9.41. The van der Waals surface area contributed by atoms with Crippen molar-refractivity contribution in [2.45, 2.75) is 32.6 Å². The Labute approximate surface area is 184 Å². The van der Waals surface area contributed by atoms with Crippen LogP contribution in [0.5, 0.6) is 11.6 Å². The van der Waals surface area contributed by atoms with Crippen LogP contribution in [0.25, 0.3) is 6.08 Å². The Morgan fingerprint density at radius 1 is 1.20 bits per heavy atom. The van der Waals surface area contributed by atoms with E-state index < -0.39 is 0 Å². The maximum absolute atomic E-state index is 12.5. The maximum atomic E-state index is 12.5. The van der Waals surface area contributed by atoms with E-state index in [9.17, 15) is 4.79 Å². The molecule has 1 saturated carbocycles. The highest BCUT2D eigenvalue weighted by Crippen LogP contribution is 2.32. The average Bonchev–Trinajstić information content (AvgIpc) is 3.15. The van der Waals surface area contributed by atoms with E-state index in [1.165, 1.54) is 16.9 Å². The first-order chi connectivity index (χ1) is 14.5. The average molecular weight is 440 g/mol. The second-order valence-electron chi connectivity index (χ2n) is 7.38. The van der Waals surface area contributed by atoms with Crippen LogP contribution in [0.4, 0.5) is 5.13 Å². The van der Waals surface area contributed by atoms with Gasteiger partial charge in [0.15, 0.2) is 5.13 Å². The zero-order valence-corrected chi connectivity index (χ0v) is 18.2. The fraction of sp³-hybridized carbons (Fsp3) is 0.261. The van der Waals surface area contributed by atoms with Crippen LogP contribution in [0.2, 0.25) is 4.34 Å². The number of thiazole rings is 1. The summed E-state index contributed by atoms with van der Waals surface area (Å²) in [5.74, 6) is 1.38. The van der Waals surface area contributed by atoms with E-state index in [1.807, 2.05) is 37.3 Å². The van der Waals surface area contributed by atoms with Crippen LogP contribution in [-0.2, 0) is 4.79 Å². The first-order valence-electron chi connectivity index (χ1n) is 9.87. The Balaban J connectivity index is 1.34. The highest BCUT2D eigenvalue weighted by Gasteiger charge is 2.24. The first-order valence-corrected chi connectivity index (χ1v) is 11.1. The number of hydrogen-bond acceptors (Lipinski definition) is 5. The van der Waals surface area contributed by atoms with Gasteiger partial charge < -0.3 is 10.1 Å². The third-order valence-corrected chi connectivity index (χ3v) is 6.07. The summed E-state index contributed by atoms with van der Waals surface area (Å²) in [7, 11) is 0.